The van der Waals surface area contributed by atoms with Gasteiger partial charge in [-0.3, -0.25) is 4.98 Å². The predicted molar refractivity (Wildman–Crippen MR) is 79.1 cm³/mol. The van der Waals surface area contributed by atoms with Crippen molar-refractivity contribution < 1.29 is 9.47 Å². The second kappa shape index (κ2) is 6.20. The van der Waals surface area contributed by atoms with E-state index < -0.39 is 0 Å². The minimum Gasteiger partial charge on any atom is -0.486 e. The Hall–Kier alpha value is -1.65. The van der Waals surface area contributed by atoms with Crippen LogP contribution in [-0.4, -0.2) is 37.4 Å². The molecule has 1 saturated carbocycles. The highest BCUT2D eigenvalue weighted by Crippen LogP contribution is 2.25. The number of hydrogen-bond donors (Lipinski definition) is 1. The molecule has 0 bridgehead atoms. The molecule has 4 heteroatoms. The molecule has 0 saturated heterocycles. The van der Waals surface area contributed by atoms with Gasteiger partial charge in [-0.05, 0) is 37.1 Å². The molecule has 1 N–H and O–H groups in total. The van der Waals surface area contributed by atoms with Crippen LogP contribution in [0, 0.1) is 0 Å². The molecule has 1 unspecified atom stereocenters. The van der Waals surface area contributed by atoms with Gasteiger partial charge in [-0.1, -0.05) is 6.07 Å². The minimum absolute atomic E-state index is 0.0198. The Kier molecular flexibility index (Phi) is 4.14. The molecule has 0 spiro atoms. The summed E-state index contributed by atoms with van der Waals surface area (Å²) in [5.74, 6) is 0.871. The first-order chi connectivity index (χ1) is 9.86. The standard InChI is InChI=1S/C16H20N2O2/c1-19-11-13(10-18-12-7-8-12)20-16-6-2-5-15-14(16)4-3-9-17-15/h2-6,9,12-13,18H,7-8,10-11H2,1H3. The van der Waals surface area contributed by atoms with Crippen LogP contribution in [0.4, 0.5) is 0 Å². The van der Waals surface area contributed by atoms with Crippen molar-refractivity contribution in [1.29, 1.82) is 0 Å². The average molecular weight is 272 g/mol. The summed E-state index contributed by atoms with van der Waals surface area (Å²) in [7, 11) is 1.71. The van der Waals surface area contributed by atoms with E-state index in [4.69, 9.17) is 9.47 Å². The first-order valence-electron chi connectivity index (χ1n) is 7.09. The highest BCUT2D eigenvalue weighted by Gasteiger charge is 2.22. The lowest BCUT2D eigenvalue weighted by Crippen LogP contribution is -2.36. The topological polar surface area (TPSA) is 43.4 Å². The van der Waals surface area contributed by atoms with Crippen LogP contribution in [-0.2, 0) is 4.74 Å². The van der Waals surface area contributed by atoms with Gasteiger partial charge in [0.2, 0.25) is 0 Å². The minimum atomic E-state index is 0.0198. The average Bonchev–Trinajstić information content (AvgIpc) is 3.30. The number of fused-ring (bicyclic) bond motifs is 1. The van der Waals surface area contributed by atoms with Crippen molar-refractivity contribution in [3.05, 3.63) is 36.5 Å². The van der Waals surface area contributed by atoms with Crippen LogP contribution in [0.3, 0.4) is 0 Å². The summed E-state index contributed by atoms with van der Waals surface area (Å²) in [4.78, 5) is 4.35. The Labute approximate surface area is 119 Å². The number of benzene rings is 1. The molecule has 1 aliphatic carbocycles. The number of ether oxygens (including phenoxy) is 2. The Morgan fingerprint density at radius 3 is 3.00 bits per heavy atom. The van der Waals surface area contributed by atoms with Crippen molar-refractivity contribution in [2.45, 2.75) is 25.0 Å². The summed E-state index contributed by atoms with van der Waals surface area (Å²) >= 11 is 0. The molecule has 0 radical (unpaired) electrons. The van der Waals surface area contributed by atoms with Crippen LogP contribution >= 0.6 is 0 Å². The van der Waals surface area contributed by atoms with E-state index in [9.17, 15) is 0 Å². The first kappa shape index (κ1) is 13.3. The monoisotopic (exact) mass is 272 g/mol. The number of pyridine rings is 1. The molecule has 106 valence electrons. The maximum atomic E-state index is 6.12. The molecule has 3 rings (SSSR count). The Morgan fingerprint density at radius 2 is 2.20 bits per heavy atom. The quantitative estimate of drug-likeness (QED) is 0.840. The van der Waals surface area contributed by atoms with E-state index in [1.807, 2.05) is 30.3 Å². The van der Waals surface area contributed by atoms with Gasteiger partial charge in [0.1, 0.15) is 11.9 Å². The van der Waals surface area contributed by atoms with Crippen LogP contribution in [0.1, 0.15) is 12.8 Å². The molecule has 2 aromatic rings. The number of rotatable bonds is 7. The number of aromatic nitrogens is 1. The van der Waals surface area contributed by atoms with Crippen LogP contribution in [0.15, 0.2) is 36.5 Å². The van der Waals surface area contributed by atoms with E-state index >= 15 is 0 Å². The third-order valence-corrected chi connectivity index (χ3v) is 3.46. The van der Waals surface area contributed by atoms with Crippen LogP contribution < -0.4 is 10.1 Å². The van der Waals surface area contributed by atoms with Gasteiger partial charge < -0.3 is 14.8 Å². The highest BCUT2D eigenvalue weighted by molar-refractivity contribution is 5.84. The molecular weight excluding hydrogens is 252 g/mol. The van der Waals surface area contributed by atoms with Gasteiger partial charge in [0.05, 0.1) is 12.1 Å². The summed E-state index contributed by atoms with van der Waals surface area (Å²) < 4.78 is 11.4. The number of nitrogens with one attached hydrogen (secondary N) is 1. The highest BCUT2D eigenvalue weighted by atomic mass is 16.5. The van der Waals surface area contributed by atoms with Crippen molar-refractivity contribution in [2.24, 2.45) is 0 Å². The molecule has 1 heterocycles. The van der Waals surface area contributed by atoms with Gasteiger partial charge >= 0.3 is 0 Å². The first-order valence-corrected chi connectivity index (χ1v) is 7.09. The van der Waals surface area contributed by atoms with Gasteiger partial charge in [-0.25, -0.2) is 0 Å². The van der Waals surface area contributed by atoms with Crippen molar-refractivity contribution >= 4 is 10.9 Å². The molecule has 4 nitrogen and oxygen atoms in total. The fourth-order valence-corrected chi connectivity index (χ4v) is 2.26. The van der Waals surface area contributed by atoms with E-state index in [1.54, 1.807) is 13.3 Å². The molecule has 1 atom stereocenters. The van der Waals surface area contributed by atoms with E-state index in [0.29, 0.717) is 12.6 Å². The zero-order valence-electron chi connectivity index (χ0n) is 11.7. The zero-order chi connectivity index (χ0) is 13.8. The van der Waals surface area contributed by atoms with Crippen molar-refractivity contribution in [2.75, 3.05) is 20.3 Å². The van der Waals surface area contributed by atoms with Crippen molar-refractivity contribution in [1.82, 2.24) is 10.3 Å². The van der Waals surface area contributed by atoms with Crippen LogP contribution in [0.2, 0.25) is 0 Å². The van der Waals surface area contributed by atoms with E-state index in [1.165, 1.54) is 12.8 Å². The van der Waals surface area contributed by atoms with Gasteiger partial charge in [0, 0.05) is 31.3 Å². The Balaban J connectivity index is 1.74. The molecule has 0 amide bonds. The smallest absolute Gasteiger partial charge is 0.134 e. The predicted octanol–water partition coefficient (Wildman–Crippen LogP) is 2.38. The lowest BCUT2D eigenvalue weighted by Gasteiger charge is -2.20. The summed E-state index contributed by atoms with van der Waals surface area (Å²) in [5.41, 5.74) is 0.955. The second-order valence-electron chi connectivity index (χ2n) is 5.20. The molecule has 20 heavy (non-hydrogen) atoms. The zero-order valence-corrected chi connectivity index (χ0v) is 11.7. The summed E-state index contributed by atoms with van der Waals surface area (Å²) in [5, 5.41) is 4.53. The van der Waals surface area contributed by atoms with Crippen LogP contribution in [0.5, 0.6) is 5.75 Å². The fourth-order valence-electron chi connectivity index (χ4n) is 2.26. The molecule has 1 fully saturated rings. The van der Waals surface area contributed by atoms with Crippen molar-refractivity contribution in [3.8, 4) is 5.75 Å². The largest absolute Gasteiger partial charge is 0.486 e. The van der Waals surface area contributed by atoms with Gasteiger partial charge in [0.25, 0.3) is 0 Å². The number of methoxy groups -OCH3 is 1. The number of hydrogen-bond acceptors (Lipinski definition) is 4. The van der Waals surface area contributed by atoms with E-state index in [2.05, 4.69) is 10.3 Å². The second-order valence-corrected chi connectivity index (χ2v) is 5.20. The summed E-state index contributed by atoms with van der Waals surface area (Å²) in [6, 6.07) is 10.6. The Morgan fingerprint density at radius 1 is 1.30 bits per heavy atom. The molecular formula is C16H20N2O2. The molecule has 1 aliphatic rings. The van der Waals surface area contributed by atoms with E-state index in [0.717, 1.165) is 23.2 Å². The van der Waals surface area contributed by atoms with Gasteiger partial charge in [-0.2, -0.15) is 0 Å². The summed E-state index contributed by atoms with van der Waals surface area (Å²) in [6.07, 6.45) is 4.37. The number of nitrogens with zero attached hydrogens (tertiary/aromatic N) is 1. The normalized spacial score (nSPS) is 16.2. The molecule has 0 aliphatic heterocycles. The fraction of sp³-hybridized carbons (Fsp3) is 0.438. The lowest BCUT2D eigenvalue weighted by atomic mass is 10.2. The summed E-state index contributed by atoms with van der Waals surface area (Å²) in [6.45, 7) is 1.39. The SMILES string of the molecule is COCC(CNC1CC1)Oc1cccc2ncccc12. The maximum absolute atomic E-state index is 6.12. The van der Waals surface area contributed by atoms with E-state index in [-0.39, 0.29) is 6.10 Å². The molecule has 1 aromatic carbocycles. The molecule has 1 aromatic heterocycles. The third kappa shape index (κ3) is 3.26. The van der Waals surface area contributed by atoms with Crippen molar-refractivity contribution in [3.63, 3.8) is 0 Å². The van der Waals surface area contributed by atoms with Gasteiger partial charge in [-0.15, -0.1) is 0 Å². The Bertz CT molecular complexity index is 564. The lowest BCUT2D eigenvalue weighted by molar-refractivity contribution is 0.0814. The third-order valence-electron chi connectivity index (χ3n) is 3.46. The van der Waals surface area contributed by atoms with Crippen LogP contribution in [0.25, 0.3) is 10.9 Å². The maximum Gasteiger partial charge on any atom is 0.134 e. The van der Waals surface area contributed by atoms with Gasteiger partial charge in [0.15, 0.2) is 0 Å².